The largest absolute Gasteiger partial charge is 0.358 e. The Morgan fingerprint density at radius 1 is 1.36 bits per heavy atom. The molecule has 0 heterocycles. The Labute approximate surface area is 137 Å². The van der Waals surface area contributed by atoms with Gasteiger partial charge in [-0.3, -0.25) is 5.43 Å². The number of sulfonamides is 1. The van der Waals surface area contributed by atoms with Crippen molar-refractivity contribution < 1.29 is 8.42 Å². The van der Waals surface area contributed by atoms with Gasteiger partial charge in [0.1, 0.15) is 0 Å². The van der Waals surface area contributed by atoms with Crippen LogP contribution in [-0.2, 0) is 10.0 Å². The van der Waals surface area contributed by atoms with Crippen molar-refractivity contribution in [2.75, 3.05) is 20.6 Å². The first-order valence-corrected chi connectivity index (χ1v) is 8.36. The van der Waals surface area contributed by atoms with Gasteiger partial charge in [0.25, 0.3) is 0 Å². The van der Waals surface area contributed by atoms with Crippen LogP contribution in [0.15, 0.2) is 46.9 Å². The first-order chi connectivity index (χ1) is 10.3. The van der Waals surface area contributed by atoms with Crippen molar-refractivity contribution in [1.82, 2.24) is 15.0 Å². The standard InChI is InChI=1S/C14H20N4O2S2/c1-5-10-15-14(21)17-16-11(2)12-6-8-13(9-7-12)22(19,20)18(3)4/h5-9H,1,10H2,2-4H3,(H2,15,17,21)/b16-11-. The molecule has 0 saturated heterocycles. The van der Waals surface area contributed by atoms with Crippen molar-refractivity contribution in [3.63, 3.8) is 0 Å². The van der Waals surface area contributed by atoms with Gasteiger partial charge in [-0.2, -0.15) is 5.10 Å². The van der Waals surface area contributed by atoms with E-state index < -0.39 is 10.0 Å². The Kier molecular flexibility index (Phi) is 6.66. The van der Waals surface area contributed by atoms with E-state index >= 15 is 0 Å². The van der Waals surface area contributed by atoms with Crippen molar-refractivity contribution >= 4 is 33.1 Å². The third-order valence-electron chi connectivity index (χ3n) is 2.78. The Bertz CT molecular complexity index is 665. The summed E-state index contributed by atoms with van der Waals surface area (Å²) in [6, 6.07) is 6.52. The smallest absolute Gasteiger partial charge is 0.242 e. The molecular formula is C14H20N4O2S2. The van der Waals surface area contributed by atoms with Gasteiger partial charge in [0.15, 0.2) is 5.11 Å². The predicted octanol–water partition coefficient (Wildman–Crippen LogP) is 1.31. The van der Waals surface area contributed by atoms with Crippen molar-refractivity contribution in [2.45, 2.75) is 11.8 Å². The number of nitrogens with one attached hydrogen (secondary N) is 2. The summed E-state index contributed by atoms with van der Waals surface area (Å²) in [6.45, 7) is 5.93. The molecule has 22 heavy (non-hydrogen) atoms. The van der Waals surface area contributed by atoms with E-state index in [0.717, 1.165) is 5.56 Å². The Hall–Kier alpha value is -1.77. The number of thiocarbonyl (C=S) groups is 1. The Morgan fingerprint density at radius 3 is 2.45 bits per heavy atom. The maximum Gasteiger partial charge on any atom is 0.242 e. The van der Waals surface area contributed by atoms with Crippen LogP contribution in [0, 0.1) is 0 Å². The van der Waals surface area contributed by atoms with E-state index in [1.165, 1.54) is 18.4 Å². The van der Waals surface area contributed by atoms with Gasteiger partial charge in [-0.1, -0.05) is 18.2 Å². The second-order valence-corrected chi connectivity index (χ2v) is 7.18. The fourth-order valence-electron chi connectivity index (χ4n) is 1.48. The third-order valence-corrected chi connectivity index (χ3v) is 4.85. The Morgan fingerprint density at radius 2 is 1.95 bits per heavy atom. The number of rotatable bonds is 6. The monoisotopic (exact) mass is 340 g/mol. The molecule has 1 rings (SSSR count). The highest BCUT2D eigenvalue weighted by molar-refractivity contribution is 7.89. The third kappa shape index (κ3) is 4.90. The zero-order valence-corrected chi connectivity index (χ0v) is 14.5. The number of nitrogens with zero attached hydrogens (tertiary/aromatic N) is 2. The SMILES string of the molecule is C=CCNC(=S)N/N=C(/C)c1ccc(S(=O)(=O)N(C)C)cc1. The summed E-state index contributed by atoms with van der Waals surface area (Å²) in [5.41, 5.74) is 4.21. The average molecular weight is 340 g/mol. The zero-order valence-electron chi connectivity index (χ0n) is 12.8. The number of hydrazone groups is 1. The van der Waals surface area contributed by atoms with Gasteiger partial charge in [0.2, 0.25) is 10.0 Å². The molecule has 8 heteroatoms. The second kappa shape index (κ2) is 8.02. The maximum absolute atomic E-state index is 12.0. The van der Waals surface area contributed by atoms with Crippen LogP contribution in [0.4, 0.5) is 0 Å². The molecule has 0 atom stereocenters. The number of hydrogen-bond acceptors (Lipinski definition) is 4. The van der Waals surface area contributed by atoms with Gasteiger partial charge in [-0.25, -0.2) is 12.7 Å². The summed E-state index contributed by atoms with van der Waals surface area (Å²) in [4.78, 5) is 0.241. The van der Waals surface area contributed by atoms with E-state index in [4.69, 9.17) is 12.2 Å². The molecule has 0 aliphatic carbocycles. The molecule has 1 aromatic rings. The number of benzene rings is 1. The second-order valence-electron chi connectivity index (χ2n) is 4.62. The molecule has 0 bridgehead atoms. The van der Waals surface area contributed by atoms with Crippen molar-refractivity contribution in [1.29, 1.82) is 0 Å². The van der Waals surface area contributed by atoms with Crippen LogP contribution in [0.5, 0.6) is 0 Å². The lowest BCUT2D eigenvalue weighted by atomic mass is 10.1. The molecule has 0 saturated carbocycles. The fraction of sp³-hybridized carbons (Fsp3) is 0.286. The summed E-state index contributed by atoms with van der Waals surface area (Å²) in [5.74, 6) is 0. The molecule has 1 aromatic carbocycles. The summed E-state index contributed by atoms with van der Waals surface area (Å²) < 4.78 is 25.1. The van der Waals surface area contributed by atoms with Gasteiger partial charge in [-0.15, -0.1) is 6.58 Å². The van der Waals surface area contributed by atoms with E-state index in [9.17, 15) is 8.42 Å². The van der Waals surface area contributed by atoms with Crippen LogP contribution < -0.4 is 10.7 Å². The fourth-order valence-corrected chi connectivity index (χ4v) is 2.51. The minimum atomic E-state index is -3.42. The minimum absolute atomic E-state index is 0.241. The molecule has 0 amide bonds. The molecule has 120 valence electrons. The van der Waals surface area contributed by atoms with Gasteiger partial charge < -0.3 is 5.32 Å². The highest BCUT2D eigenvalue weighted by Crippen LogP contribution is 2.14. The lowest BCUT2D eigenvalue weighted by Gasteiger charge is -2.11. The quantitative estimate of drug-likeness (QED) is 0.353. The lowest BCUT2D eigenvalue weighted by Crippen LogP contribution is -2.32. The molecule has 0 aromatic heterocycles. The topological polar surface area (TPSA) is 73.8 Å². The summed E-state index contributed by atoms with van der Waals surface area (Å²) in [6.07, 6.45) is 1.69. The van der Waals surface area contributed by atoms with Crippen molar-refractivity contribution in [3.05, 3.63) is 42.5 Å². The van der Waals surface area contributed by atoms with Crippen LogP contribution in [-0.4, -0.2) is 44.2 Å². The van der Waals surface area contributed by atoms with Crippen LogP contribution in [0.2, 0.25) is 0 Å². The lowest BCUT2D eigenvalue weighted by molar-refractivity contribution is 0.521. The molecule has 0 aliphatic heterocycles. The van der Waals surface area contributed by atoms with Crippen molar-refractivity contribution in [3.8, 4) is 0 Å². The normalized spacial score (nSPS) is 12.1. The molecule has 0 unspecified atom stereocenters. The Balaban J connectivity index is 2.82. The number of hydrogen-bond donors (Lipinski definition) is 2. The molecule has 0 radical (unpaired) electrons. The highest BCUT2D eigenvalue weighted by atomic mass is 32.2. The van der Waals surface area contributed by atoms with E-state index in [-0.39, 0.29) is 4.90 Å². The van der Waals surface area contributed by atoms with E-state index in [0.29, 0.717) is 17.4 Å². The molecular weight excluding hydrogens is 320 g/mol. The van der Waals surface area contributed by atoms with E-state index in [2.05, 4.69) is 22.4 Å². The van der Waals surface area contributed by atoms with E-state index in [1.54, 1.807) is 37.3 Å². The highest BCUT2D eigenvalue weighted by Gasteiger charge is 2.16. The van der Waals surface area contributed by atoms with Gasteiger partial charge >= 0.3 is 0 Å². The molecule has 0 spiro atoms. The molecule has 6 nitrogen and oxygen atoms in total. The van der Waals surface area contributed by atoms with Crippen LogP contribution in [0.25, 0.3) is 0 Å². The molecule has 0 aliphatic rings. The summed E-state index contributed by atoms with van der Waals surface area (Å²) >= 11 is 5.02. The molecule has 2 N–H and O–H groups in total. The average Bonchev–Trinajstić information content (AvgIpc) is 2.50. The van der Waals surface area contributed by atoms with Gasteiger partial charge in [0.05, 0.1) is 10.6 Å². The summed E-state index contributed by atoms with van der Waals surface area (Å²) in [5, 5.41) is 7.43. The molecule has 0 fully saturated rings. The van der Waals surface area contributed by atoms with Crippen LogP contribution >= 0.6 is 12.2 Å². The van der Waals surface area contributed by atoms with Crippen molar-refractivity contribution in [2.24, 2.45) is 5.10 Å². The maximum atomic E-state index is 12.0. The van der Waals surface area contributed by atoms with Crippen LogP contribution in [0.3, 0.4) is 0 Å². The first kappa shape index (κ1) is 18.3. The van der Waals surface area contributed by atoms with E-state index in [1.807, 2.05) is 0 Å². The first-order valence-electron chi connectivity index (χ1n) is 6.51. The predicted molar refractivity (Wildman–Crippen MR) is 93.5 cm³/mol. The van der Waals surface area contributed by atoms with Gasteiger partial charge in [-0.05, 0) is 36.8 Å². The zero-order chi connectivity index (χ0) is 16.8. The minimum Gasteiger partial charge on any atom is -0.358 e. The van der Waals surface area contributed by atoms with Gasteiger partial charge in [0, 0.05) is 20.6 Å². The van der Waals surface area contributed by atoms with Crippen LogP contribution in [0.1, 0.15) is 12.5 Å². The summed E-state index contributed by atoms with van der Waals surface area (Å²) in [7, 11) is -0.424.